The van der Waals surface area contributed by atoms with Crippen LogP contribution in [0.25, 0.3) is 0 Å². The van der Waals surface area contributed by atoms with E-state index in [1.807, 2.05) is 0 Å². The Balaban J connectivity index is 1.62. The van der Waals surface area contributed by atoms with E-state index >= 15 is 0 Å². The standard InChI is InChI=1S/C8H13NOS/c1-6-5-11-8(1)3-9(6)2-7-4-10-7/h6-8H,1-5H2/t6?,7-,8?/m1/s1. The Morgan fingerprint density at radius 2 is 2.45 bits per heavy atom. The molecule has 0 aromatic heterocycles. The second-order valence-electron chi connectivity index (χ2n) is 3.75. The number of fused-ring (bicyclic) bond motifs is 2. The van der Waals surface area contributed by atoms with E-state index in [1.165, 1.54) is 25.3 Å². The van der Waals surface area contributed by atoms with Gasteiger partial charge in [0.15, 0.2) is 0 Å². The summed E-state index contributed by atoms with van der Waals surface area (Å²) in [5.41, 5.74) is 0. The molecule has 0 N–H and O–H groups in total. The Bertz CT molecular complexity index is 171. The van der Waals surface area contributed by atoms with Gasteiger partial charge in [0, 0.05) is 30.1 Å². The van der Waals surface area contributed by atoms with Crippen molar-refractivity contribution in [1.29, 1.82) is 0 Å². The Kier molecular flexibility index (Phi) is 1.46. The lowest BCUT2D eigenvalue weighted by Crippen LogP contribution is -2.36. The summed E-state index contributed by atoms with van der Waals surface area (Å²) in [4.78, 5) is 2.62. The van der Waals surface area contributed by atoms with Crippen LogP contribution in [0.2, 0.25) is 0 Å². The highest BCUT2D eigenvalue weighted by Crippen LogP contribution is 2.37. The largest absolute Gasteiger partial charge is 0.372 e. The zero-order chi connectivity index (χ0) is 7.26. The van der Waals surface area contributed by atoms with Gasteiger partial charge in [-0.2, -0.15) is 11.8 Å². The molecular weight excluding hydrogens is 158 g/mol. The van der Waals surface area contributed by atoms with Crippen LogP contribution < -0.4 is 0 Å². The number of likely N-dealkylation sites (tertiary alicyclic amines) is 1. The fourth-order valence-electron chi connectivity index (χ4n) is 2.14. The maximum atomic E-state index is 5.23. The van der Waals surface area contributed by atoms with Crippen LogP contribution in [0.5, 0.6) is 0 Å². The maximum Gasteiger partial charge on any atom is 0.0936 e. The van der Waals surface area contributed by atoms with E-state index in [2.05, 4.69) is 16.7 Å². The molecule has 3 saturated heterocycles. The fraction of sp³-hybridized carbons (Fsp3) is 1.00. The second kappa shape index (κ2) is 2.38. The van der Waals surface area contributed by atoms with E-state index in [0.29, 0.717) is 6.10 Å². The Morgan fingerprint density at radius 1 is 1.55 bits per heavy atom. The average molecular weight is 171 g/mol. The van der Waals surface area contributed by atoms with E-state index in [-0.39, 0.29) is 0 Å². The maximum absolute atomic E-state index is 5.23. The SMILES string of the molecule is C1SC2CC1N(C[C@@H]1CO1)C2. The lowest BCUT2D eigenvalue weighted by molar-refractivity contribution is 0.238. The van der Waals surface area contributed by atoms with Crippen molar-refractivity contribution in [3.8, 4) is 0 Å². The molecule has 0 aromatic rings. The third-order valence-electron chi connectivity index (χ3n) is 2.85. The van der Waals surface area contributed by atoms with Gasteiger partial charge in [0.1, 0.15) is 0 Å². The molecule has 3 heterocycles. The number of epoxide rings is 1. The minimum Gasteiger partial charge on any atom is -0.372 e. The van der Waals surface area contributed by atoms with Gasteiger partial charge in [0.25, 0.3) is 0 Å². The van der Waals surface area contributed by atoms with Crippen molar-refractivity contribution >= 4 is 11.8 Å². The Labute approximate surface area is 71.3 Å². The monoisotopic (exact) mass is 171 g/mol. The van der Waals surface area contributed by atoms with Crippen molar-refractivity contribution < 1.29 is 4.74 Å². The van der Waals surface area contributed by atoms with E-state index < -0.39 is 0 Å². The minimum atomic E-state index is 0.597. The van der Waals surface area contributed by atoms with Gasteiger partial charge in [0.2, 0.25) is 0 Å². The number of thioether (sulfide) groups is 1. The molecule has 0 amide bonds. The highest BCUT2D eigenvalue weighted by molar-refractivity contribution is 8.00. The third kappa shape index (κ3) is 1.19. The minimum absolute atomic E-state index is 0.597. The van der Waals surface area contributed by atoms with E-state index in [0.717, 1.165) is 17.9 Å². The quantitative estimate of drug-likeness (QED) is 0.565. The molecule has 0 aromatic carbocycles. The number of rotatable bonds is 2. The topological polar surface area (TPSA) is 15.8 Å². The van der Waals surface area contributed by atoms with Crippen LogP contribution in [0.4, 0.5) is 0 Å². The van der Waals surface area contributed by atoms with Gasteiger partial charge in [-0.05, 0) is 6.42 Å². The van der Waals surface area contributed by atoms with Crippen molar-refractivity contribution in [3.63, 3.8) is 0 Å². The molecule has 11 heavy (non-hydrogen) atoms. The smallest absolute Gasteiger partial charge is 0.0936 e. The first-order valence-corrected chi connectivity index (χ1v) is 5.44. The van der Waals surface area contributed by atoms with Crippen LogP contribution in [0.1, 0.15) is 6.42 Å². The van der Waals surface area contributed by atoms with E-state index in [4.69, 9.17) is 4.74 Å². The van der Waals surface area contributed by atoms with Gasteiger partial charge in [-0.15, -0.1) is 0 Å². The number of ether oxygens (including phenoxy) is 1. The average Bonchev–Trinajstić information content (AvgIpc) is 2.61. The number of hydrogen-bond acceptors (Lipinski definition) is 3. The van der Waals surface area contributed by atoms with Crippen molar-refractivity contribution in [2.45, 2.75) is 23.8 Å². The molecule has 2 bridgehead atoms. The van der Waals surface area contributed by atoms with Crippen LogP contribution in [-0.4, -0.2) is 47.7 Å². The predicted octanol–water partition coefficient (Wildman–Crippen LogP) is 0.575. The molecular formula is C8H13NOS. The molecule has 0 radical (unpaired) electrons. The summed E-state index contributed by atoms with van der Waals surface area (Å²) in [5.74, 6) is 1.37. The second-order valence-corrected chi connectivity index (χ2v) is 5.09. The summed E-state index contributed by atoms with van der Waals surface area (Å²) < 4.78 is 5.23. The van der Waals surface area contributed by atoms with Gasteiger partial charge >= 0.3 is 0 Å². The summed E-state index contributed by atoms with van der Waals surface area (Å²) in [6.07, 6.45) is 2.04. The zero-order valence-electron chi connectivity index (χ0n) is 6.53. The van der Waals surface area contributed by atoms with Gasteiger partial charge < -0.3 is 4.74 Å². The molecule has 3 aliphatic heterocycles. The van der Waals surface area contributed by atoms with Crippen LogP contribution in [-0.2, 0) is 4.74 Å². The molecule has 62 valence electrons. The van der Waals surface area contributed by atoms with E-state index in [1.54, 1.807) is 0 Å². The highest BCUT2D eigenvalue weighted by Gasteiger charge is 2.40. The zero-order valence-corrected chi connectivity index (χ0v) is 7.35. The molecule has 3 aliphatic rings. The first-order chi connectivity index (χ1) is 5.42. The molecule has 3 rings (SSSR count). The normalized spacial score (nSPS) is 48.5. The summed E-state index contributed by atoms with van der Waals surface area (Å²) in [6, 6.07) is 0.897. The molecule has 2 nitrogen and oxygen atoms in total. The summed E-state index contributed by atoms with van der Waals surface area (Å²) in [6.45, 7) is 3.55. The highest BCUT2D eigenvalue weighted by atomic mass is 32.2. The molecule has 0 saturated carbocycles. The van der Waals surface area contributed by atoms with Gasteiger partial charge in [0.05, 0.1) is 12.7 Å². The van der Waals surface area contributed by atoms with Crippen LogP contribution in [0.15, 0.2) is 0 Å². The van der Waals surface area contributed by atoms with Crippen molar-refractivity contribution in [2.24, 2.45) is 0 Å². The molecule has 3 heteroatoms. The van der Waals surface area contributed by atoms with Crippen molar-refractivity contribution in [3.05, 3.63) is 0 Å². The molecule has 2 unspecified atom stereocenters. The fourth-order valence-corrected chi connectivity index (χ4v) is 3.63. The number of nitrogens with zero attached hydrogens (tertiary/aromatic N) is 1. The van der Waals surface area contributed by atoms with Crippen LogP contribution in [0, 0.1) is 0 Å². The van der Waals surface area contributed by atoms with Gasteiger partial charge in [-0.1, -0.05) is 0 Å². The summed E-state index contributed by atoms with van der Waals surface area (Å²) in [7, 11) is 0. The first-order valence-electron chi connectivity index (χ1n) is 4.39. The van der Waals surface area contributed by atoms with Crippen LogP contribution >= 0.6 is 11.8 Å². The summed E-state index contributed by atoms with van der Waals surface area (Å²) in [5, 5.41) is 0.957. The van der Waals surface area contributed by atoms with E-state index in [9.17, 15) is 0 Å². The lowest BCUT2D eigenvalue weighted by Gasteiger charge is -2.25. The lowest BCUT2D eigenvalue weighted by atomic mass is 10.2. The molecule has 0 spiro atoms. The molecule has 3 fully saturated rings. The van der Waals surface area contributed by atoms with Gasteiger partial charge in [-0.25, -0.2) is 0 Å². The Hall–Kier alpha value is 0.270. The molecule has 0 aliphatic carbocycles. The van der Waals surface area contributed by atoms with Crippen molar-refractivity contribution in [2.75, 3.05) is 25.4 Å². The number of hydrogen-bond donors (Lipinski definition) is 0. The summed E-state index contributed by atoms with van der Waals surface area (Å²) >= 11 is 2.16. The first kappa shape index (κ1) is 6.75. The predicted molar refractivity (Wildman–Crippen MR) is 46.0 cm³/mol. The van der Waals surface area contributed by atoms with Gasteiger partial charge in [-0.3, -0.25) is 4.90 Å². The van der Waals surface area contributed by atoms with Crippen LogP contribution in [0.3, 0.4) is 0 Å². The Morgan fingerprint density at radius 3 is 3.00 bits per heavy atom. The van der Waals surface area contributed by atoms with Crippen molar-refractivity contribution in [1.82, 2.24) is 4.90 Å². The third-order valence-corrected chi connectivity index (χ3v) is 4.24. The molecule has 3 atom stereocenters.